The molecule has 0 aliphatic rings. The summed E-state index contributed by atoms with van der Waals surface area (Å²) in [6.07, 6.45) is 1.07. The average Bonchev–Trinajstić information content (AvgIpc) is 1.65. The normalized spacial score (nSPS) is 12.0. The number of ether oxygens (including phenoxy) is 1. The third-order valence-electron chi connectivity index (χ3n) is 0.663. The van der Waals surface area contributed by atoms with E-state index < -0.39 is 14.9 Å². The summed E-state index contributed by atoms with van der Waals surface area (Å²) in [5.74, 6) is 0. The maximum Gasteiger partial charge on any atom is 1.00 e. The van der Waals surface area contributed by atoms with Gasteiger partial charge >= 0.3 is 51.4 Å². The molecule has 0 saturated heterocycles. The zero-order valence-electron chi connectivity index (χ0n) is 6.12. The van der Waals surface area contributed by atoms with E-state index in [1.54, 1.807) is 0 Å². The Kier molecular flexibility index (Phi) is 7.51. The van der Waals surface area contributed by atoms with Gasteiger partial charge in [0.25, 0.3) is 0 Å². The molecule has 0 aliphatic carbocycles. The number of rotatable bonds is 2. The number of methoxy groups -OCH3 is 1. The Morgan fingerprint density at radius 2 is 2.00 bits per heavy atom. The van der Waals surface area contributed by atoms with E-state index in [9.17, 15) is 13.5 Å². The SMILES string of the molecule is CO/C(=C/[O-])S(C)(=O)=O.[K+]. The predicted octanol–water partition coefficient (Wildman–Crippen LogP) is -4.16. The molecule has 6 heteroatoms. The van der Waals surface area contributed by atoms with E-state index in [0.717, 1.165) is 13.4 Å². The Morgan fingerprint density at radius 1 is 1.60 bits per heavy atom. The van der Waals surface area contributed by atoms with Crippen molar-refractivity contribution in [2.45, 2.75) is 0 Å². The molecule has 0 aliphatic heterocycles. The molecule has 0 aromatic rings. The monoisotopic (exact) mass is 190 g/mol. The van der Waals surface area contributed by atoms with Gasteiger partial charge in [0.05, 0.1) is 7.11 Å². The second-order valence-corrected chi connectivity index (χ2v) is 3.36. The van der Waals surface area contributed by atoms with Crippen molar-refractivity contribution in [3.05, 3.63) is 11.4 Å². The van der Waals surface area contributed by atoms with Crippen LogP contribution in [-0.4, -0.2) is 21.8 Å². The number of sulfone groups is 1. The Labute approximate surface area is 103 Å². The molecule has 0 fully saturated rings. The summed E-state index contributed by atoms with van der Waals surface area (Å²) in [6.45, 7) is 0. The maximum absolute atomic E-state index is 10.4. The summed E-state index contributed by atoms with van der Waals surface area (Å²) in [5.41, 5.74) is 0. The third-order valence-corrected chi connectivity index (χ3v) is 1.66. The van der Waals surface area contributed by atoms with Gasteiger partial charge in [-0.1, -0.05) is 6.26 Å². The Morgan fingerprint density at radius 3 is 2.00 bits per heavy atom. The van der Waals surface area contributed by atoms with Crippen molar-refractivity contribution in [3.63, 3.8) is 0 Å². The largest absolute Gasteiger partial charge is 1.00 e. The molecule has 0 spiro atoms. The molecule has 0 rings (SSSR count). The minimum absolute atomic E-state index is 0. The summed E-state index contributed by atoms with van der Waals surface area (Å²) >= 11 is 0. The molecule has 0 bridgehead atoms. The molecule has 0 N–H and O–H groups in total. The quantitative estimate of drug-likeness (QED) is 0.327. The molecule has 0 heterocycles. The van der Waals surface area contributed by atoms with Crippen LogP contribution in [-0.2, 0) is 14.6 Å². The second-order valence-electron chi connectivity index (χ2n) is 1.41. The summed E-state index contributed by atoms with van der Waals surface area (Å²) in [4.78, 5) is 0. The van der Waals surface area contributed by atoms with E-state index in [2.05, 4.69) is 4.74 Å². The fraction of sp³-hybridized carbons (Fsp3) is 0.500. The Bertz CT molecular complexity index is 205. The fourth-order valence-corrected chi connectivity index (χ4v) is 0.764. The van der Waals surface area contributed by atoms with Crippen LogP contribution in [0.3, 0.4) is 0 Å². The molecule has 10 heavy (non-hydrogen) atoms. The molecule has 4 nitrogen and oxygen atoms in total. The third kappa shape index (κ3) is 4.70. The van der Waals surface area contributed by atoms with Gasteiger partial charge in [-0.15, -0.1) is 0 Å². The first-order valence-electron chi connectivity index (χ1n) is 2.08. The zero-order chi connectivity index (χ0) is 7.49. The maximum atomic E-state index is 10.4. The van der Waals surface area contributed by atoms with Gasteiger partial charge in [-0.05, 0) is 0 Å². The van der Waals surface area contributed by atoms with E-state index in [-0.39, 0.29) is 57.6 Å². The van der Waals surface area contributed by atoms with Crippen molar-refractivity contribution in [1.82, 2.24) is 0 Å². The van der Waals surface area contributed by atoms with Crippen LogP contribution in [0.25, 0.3) is 0 Å². The predicted molar refractivity (Wildman–Crippen MR) is 29.9 cm³/mol. The Balaban J connectivity index is 0. The molecule has 0 aromatic heterocycles. The summed E-state index contributed by atoms with van der Waals surface area (Å²) in [7, 11) is -2.31. The molecule has 0 amide bonds. The average molecular weight is 190 g/mol. The van der Waals surface area contributed by atoms with Crippen LogP contribution >= 0.6 is 0 Å². The first-order valence-corrected chi connectivity index (χ1v) is 3.97. The fourth-order valence-electron chi connectivity index (χ4n) is 0.287. The van der Waals surface area contributed by atoms with Crippen molar-refractivity contribution in [2.75, 3.05) is 13.4 Å². The first-order chi connectivity index (χ1) is 4.02. The summed E-state index contributed by atoms with van der Waals surface area (Å²) in [6, 6.07) is 0. The van der Waals surface area contributed by atoms with E-state index in [1.807, 2.05) is 0 Å². The minimum atomic E-state index is -3.44. The molecule has 0 radical (unpaired) electrons. The molecular formula is C4H7KO4S. The second kappa shape index (κ2) is 5.56. The molecule has 0 aromatic carbocycles. The van der Waals surface area contributed by atoms with Gasteiger partial charge in [-0.25, -0.2) is 8.42 Å². The van der Waals surface area contributed by atoms with Gasteiger partial charge in [0.2, 0.25) is 9.84 Å². The smallest absolute Gasteiger partial charge is 0.875 e. The molecular weight excluding hydrogens is 183 g/mol. The van der Waals surface area contributed by atoms with E-state index in [1.165, 1.54) is 0 Å². The molecule has 0 saturated carbocycles. The summed E-state index contributed by atoms with van der Waals surface area (Å²) < 4.78 is 25.0. The van der Waals surface area contributed by atoms with Crippen LogP contribution in [0, 0.1) is 0 Å². The van der Waals surface area contributed by atoms with E-state index in [0.29, 0.717) is 0 Å². The molecule has 0 atom stereocenters. The van der Waals surface area contributed by atoms with Crippen molar-refractivity contribution < 1.29 is 69.6 Å². The minimum Gasteiger partial charge on any atom is -0.875 e. The van der Waals surface area contributed by atoms with Gasteiger partial charge in [0, 0.05) is 6.26 Å². The van der Waals surface area contributed by atoms with Crippen molar-refractivity contribution >= 4 is 9.84 Å². The zero-order valence-corrected chi connectivity index (χ0v) is 10.1. The van der Waals surface area contributed by atoms with Gasteiger partial charge in [-0.3, -0.25) is 0 Å². The van der Waals surface area contributed by atoms with Crippen molar-refractivity contribution in [1.29, 1.82) is 0 Å². The van der Waals surface area contributed by atoms with Crippen LogP contribution in [0.15, 0.2) is 11.4 Å². The van der Waals surface area contributed by atoms with Gasteiger partial charge in [-0.2, -0.15) is 0 Å². The van der Waals surface area contributed by atoms with Gasteiger partial charge in [0.15, 0.2) is 5.09 Å². The topological polar surface area (TPSA) is 66.4 Å². The first kappa shape index (κ1) is 13.5. The number of hydrogen-bond acceptors (Lipinski definition) is 4. The summed E-state index contributed by atoms with van der Waals surface area (Å²) in [5, 5.41) is 9.30. The van der Waals surface area contributed by atoms with Crippen LogP contribution in [0.5, 0.6) is 0 Å². The van der Waals surface area contributed by atoms with E-state index >= 15 is 0 Å². The van der Waals surface area contributed by atoms with Gasteiger partial charge < -0.3 is 9.84 Å². The molecule has 54 valence electrons. The van der Waals surface area contributed by atoms with Crippen molar-refractivity contribution in [2.24, 2.45) is 0 Å². The van der Waals surface area contributed by atoms with Crippen LogP contribution in [0.4, 0.5) is 0 Å². The standard InChI is InChI=1S/C4H8O4S.K/c1-8-4(3-5)9(2,6)7;/h3,5H,1-2H3;/q;+1/p-1/b4-3-;. The van der Waals surface area contributed by atoms with Gasteiger partial charge in [0.1, 0.15) is 0 Å². The van der Waals surface area contributed by atoms with Crippen LogP contribution < -0.4 is 56.5 Å². The Hall–Kier alpha value is 0.926. The van der Waals surface area contributed by atoms with Crippen LogP contribution in [0.1, 0.15) is 0 Å². The van der Waals surface area contributed by atoms with E-state index in [4.69, 9.17) is 0 Å². The van der Waals surface area contributed by atoms with Crippen LogP contribution in [0.2, 0.25) is 0 Å². The molecule has 0 unspecified atom stereocenters. The number of hydrogen-bond donors (Lipinski definition) is 0. The van der Waals surface area contributed by atoms with Crippen molar-refractivity contribution in [3.8, 4) is 0 Å².